The molecule has 0 saturated carbocycles. The number of aromatic nitrogens is 2. The van der Waals surface area contributed by atoms with Gasteiger partial charge in [0.05, 0.1) is 18.8 Å². The van der Waals surface area contributed by atoms with Crippen molar-refractivity contribution in [3.63, 3.8) is 0 Å². The number of hydrogen-bond donors (Lipinski definition) is 1. The molecule has 6 nitrogen and oxygen atoms in total. The van der Waals surface area contributed by atoms with Crippen LogP contribution < -0.4 is 4.74 Å². The van der Waals surface area contributed by atoms with Crippen molar-refractivity contribution in [3.8, 4) is 17.0 Å². The molecular weight excluding hydrogens is 424 g/mol. The Morgan fingerprint density at radius 1 is 1.15 bits per heavy atom. The zero-order valence-corrected chi connectivity index (χ0v) is 20.1. The van der Waals surface area contributed by atoms with Gasteiger partial charge in [-0.25, -0.2) is 0 Å². The molecule has 3 aliphatic heterocycles. The van der Waals surface area contributed by atoms with E-state index < -0.39 is 0 Å². The number of rotatable bonds is 2. The summed E-state index contributed by atoms with van der Waals surface area (Å²) < 4.78 is 5.41. The molecule has 3 fully saturated rings. The van der Waals surface area contributed by atoms with Gasteiger partial charge in [-0.2, -0.15) is 5.10 Å². The summed E-state index contributed by atoms with van der Waals surface area (Å²) in [4.78, 5) is 19.0. The summed E-state index contributed by atoms with van der Waals surface area (Å²) in [6.07, 6.45) is 11.9. The summed E-state index contributed by atoms with van der Waals surface area (Å²) in [5.74, 6) is 2.28. The van der Waals surface area contributed by atoms with E-state index in [1.807, 2.05) is 6.07 Å². The summed E-state index contributed by atoms with van der Waals surface area (Å²) in [5.41, 5.74) is 6.66. The molecule has 2 aliphatic carbocycles. The lowest BCUT2D eigenvalue weighted by Gasteiger charge is -2.54. The third-order valence-corrected chi connectivity index (χ3v) is 9.21. The Bertz CT molecular complexity index is 1170. The number of benzene rings is 1. The van der Waals surface area contributed by atoms with Gasteiger partial charge >= 0.3 is 0 Å². The number of carbonyl (C=O) groups excluding carboxylic acids is 1. The SMILES string of the molecule is COc1ccc2c(c1)CCc1c-2n[nH]c1C(=O)N1CCCC2=CC3CC(CN4CCCCC34)C21. The van der Waals surface area contributed by atoms with E-state index in [1.165, 1.54) is 43.4 Å². The van der Waals surface area contributed by atoms with Crippen LogP contribution in [0.5, 0.6) is 5.75 Å². The van der Waals surface area contributed by atoms with Crippen LogP contribution in [0.15, 0.2) is 29.8 Å². The molecule has 6 heteroatoms. The van der Waals surface area contributed by atoms with Crippen LogP contribution in [0.4, 0.5) is 0 Å². The predicted octanol–water partition coefficient (Wildman–Crippen LogP) is 4.22. The highest BCUT2D eigenvalue weighted by Crippen LogP contribution is 2.45. The van der Waals surface area contributed by atoms with Crippen molar-refractivity contribution in [1.82, 2.24) is 20.0 Å². The van der Waals surface area contributed by atoms with Crippen LogP contribution in [-0.2, 0) is 12.8 Å². The van der Waals surface area contributed by atoms with Crippen LogP contribution in [0.3, 0.4) is 0 Å². The second kappa shape index (κ2) is 7.98. The van der Waals surface area contributed by atoms with Crippen molar-refractivity contribution >= 4 is 5.91 Å². The molecule has 3 saturated heterocycles. The molecule has 0 spiro atoms. The highest BCUT2D eigenvalue weighted by atomic mass is 16.5. The van der Waals surface area contributed by atoms with Crippen LogP contribution in [0.2, 0.25) is 0 Å². The normalized spacial score (nSPS) is 29.9. The summed E-state index contributed by atoms with van der Waals surface area (Å²) in [6, 6.07) is 7.18. The topological polar surface area (TPSA) is 61.5 Å². The fraction of sp³-hybridized carbons (Fsp3) is 0.571. The number of methoxy groups -OCH3 is 1. The van der Waals surface area contributed by atoms with Crippen molar-refractivity contribution in [2.24, 2.45) is 11.8 Å². The summed E-state index contributed by atoms with van der Waals surface area (Å²) in [6.45, 7) is 3.25. The van der Waals surface area contributed by atoms with Crippen LogP contribution in [0.25, 0.3) is 11.3 Å². The second-order valence-corrected chi connectivity index (χ2v) is 11.0. The Balaban J connectivity index is 1.21. The number of aryl methyl sites for hydroxylation is 1. The number of likely N-dealkylation sites (tertiary alicyclic amines) is 1. The number of nitrogens with zero attached hydrogens (tertiary/aromatic N) is 3. The van der Waals surface area contributed by atoms with Gasteiger partial charge < -0.3 is 9.64 Å². The Morgan fingerprint density at radius 2 is 2.09 bits per heavy atom. The number of hydrogen-bond acceptors (Lipinski definition) is 4. The number of nitrogens with one attached hydrogen (secondary N) is 1. The number of fused-ring (bicyclic) bond motifs is 9. The molecule has 2 bridgehead atoms. The molecule has 1 N–H and O–H groups in total. The van der Waals surface area contributed by atoms with Crippen LogP contribution >= 0.6 is 0 Å². The van der Waals surface area contributed by atoms with Crippen molar-refractivity contribution in [2.75, 3.05) is 26.7 Å². The first kappa shape index (κ1) is 20.7. The number of amides is 1. The van der Waals surface area contributed by atoms with E-state index in [-0.39, 0.29) is 11.9 Å². The summed E-state index contributed by atoms with van der Waals surface area (Å²) in [5, 5.41) is 7.83. The average Bonchev–Trinajstić information content (AvgIpc) is 3.32. The molecule has 34 heavy (non-hydrogen) atoms. The molecule has 0 radical (unpaired) electrons. The Kier molecular flexibility index (Phi) is 4.87. The molecule has 178 valence electrons. The van der Waals surface area contributed by atoms with Gasteiger partial charge in [0.2, 0.25) is 0 Å². The maximum absolute atomic E-state index is 14.0. The van der Waals surface area contributed by atoms with Crippen LogP contribution in [-0.4, -0.2) is 64.7 Å². The molecule has 5 aliphatic rings. The van der Waals surface area contributed by atoms with E-state index in [0.29, 0.717) is 17.5 Å². The lowest BCUT2D eigenvalue weighted by Crippen LogP contribution is -2.60. The molecule has 4 heterocycles. The van der Waals surface area contributed by atoms with Gasteiger partial charge in [-0.15, -0.1) is 0 Å². The van der Waals surface area contributed by atoms with E-state index in [0.717, 1.165) is 67.4 Å². The third kappa shape index (κ3) is 3.10. The number of H-pyrrole nitrogens is 1. The first-order chi connectivity index (χ1) is 16.7. The Labute approximate surface area is 201 Å². The van der Waals surface area contributed by atoms with Gasteiger partial charge in [-0.3, -0.25) is 14.8 Å². The molecule has 4 atom stereocenters. The Hall–Kier alpha value is -2.60. The van der Waals surface area contributed by atoms with E-state index in [4.69, 9.17) is 4.74 Å². The quantitative estimate of drug-likeness (QED) is 0.685. The zero-order valence-electron chi connectivity index (χ0n) is 20.1. The van der Waals surface area contributed by atoms with Crippen molar-refractivity contribution in [2.45, 2.75) is 63.5 Å². The maximum Gasteiger partial charge on any atom is 0.272 e. The highest BCUT2D eigenvalue weighted by Gasteiger charge is 2.47. The number of piperidine rings is 3. The second-order valence-electron chi connectivity index (χ2n) is 11.0. The predicted molar refractivity (Wildman–Crippen MR) is 131 cm³/mol. The van der Waals surface area contributed by atoms with Gasteiger partial charge in [0.15, 0.2) is 0 Å². The summed E-state index contributed by atoms with van der Waals surface area (Å²) >= 11 is 0. The smallest absolute Gasteiger partial charge is 0.272 e. The lowest BCUT2D eigenvalue weighted by atomic mass is 9.68. The minimum atomic E-state index is 0.153. The molecular formula is C28H34N4O2. The fourth-order valence-corrected chi connectivity index (χ4v) is 7.75. The number of carbonyl (C=O) groups is 1. The van der Waals surface area contributed by atoms with Gasteiger partial charge in [0, 0.05) is 30.3 Å². The standard InChI is InChI=1S/C28H34N4O2/c1-34-21-8-10-22-17(15-21)7-9-23-25(22)29-30-26(23)28(33)32-12-4-5-18-13-19-14-20(27(18)32)16-31-11-3-2-6-24(19)31/h8,10,13,15,19-20,24,27H,2-7,9,11-12,14,16H2,1H3,(H,29,30). The van der Waals surface area contributed by atoms with E-state index >= 15 is 0 Å². The molecule has 7 rings (SSSR count). The zero-order chi connectivity index (χ0) is 22.8. The Morgan fingerprint density at radius 3 is 3.00 bits per heavy atom. The fourth-order valence-electron chi connectivity index (χ4n) is 7.75. The first-order valence-corrected chi connectivity index (χ1v) is 13.2. The van der Waals surface area contributed by atoms with Gasteiger partial charge in [-0.1, -0.05) is 18.1 Å². The summed E-state index contributed by atoms with van der Waals surface area (Å²) in [7, 11) is 1.70. The highest BCUT2D eigenvalue weighted by molar-refractivity contribution is 5.96. The first-order valence-electron chi connectivity index (χ1n) is 13.2. The molecule has 1 aromatic heterocycles. The van der Waals surface area contributed by atoms with Gasteiger partial charge in [0.1, 0.15) is 11.4 Å². The van der Waals surface area contributed by atoms with Crippen molar-refractivity contribution in [1.29, 1.82) is 0 Å². The lowest BCUT2D eigenvalue weighted by molar-refractivity contribution is 0.00128. The van der Waals surface area contributed by atoms with Crippen LogP contribution in [0, 0.1) is 11.8 Å². The van der Waals surface area contributed by atoms with Crippen molar-refractivity contribution < 1.29 is 9.53 Å². The largest absolute Gasteiger partial charge is 0.497 e. The van der Waals surface area contributed by atoms with Crippen molar-refractivity contribution in [3.05, 3.63) is 46.7 Å². The molecule has 1 amide bonds. The molecule has 2 aromatic rings. The van der Waals surface area contributed by atoms with E-state index in [2.05, 4.69) is 38.2 Å². The van der Waals surface area contributed by atoms with Gasteiger partial charge in [0.25, 0.3) is 5.91 Å². The monoisotopic (exact) mass is 458 g/mol. The minimum Gasteiger partial charge on any atom is -0.497 e. The molecule has 1 aromatic carbocycles. The van der Waals surface area contributed by atoms with E-state index in [9.17, 15) is 4.79 Å². The van der Waals surface area contributed by atoms with Gasteiger partial charge in [-0.05, 0) is 87.1 Å². The van der Waals surface area contributed by atoms with E-state index in [1.54, 1.807) is 7.11 Å². The molecule has 4 unspecified atom stereocenters. The van der Waals surface area contributed by atoms with Crippen LogP contribution in [0.1, 0.15) is 60.1 Å². The third-order valence-electron chi connectivity index (χ3n) is 9.21. The maximum atomic E-state index is 14.0. The minimum absolute atomic E-state index is 0.153. The number of ether oxygens (including phenoxy) is 1. The number of aromatic amines is 1. The average molecular weight is 459 g/mol.